The van der Waals surface area contributed by atoms with Crippen molar-refractivity contribution in [3.63, 3.8) is 0 Å². The smallest absolute Gasteiger partial charge is 0.121 e. The van der Waals surface area contributed by atoms with E-state index in [2.05, 4.69) is 36.9 Å². The van der Waals surface area contributed by atoms with Crippen LogP contribution in [0.1, 0.15) is 36.9 Å². The zero-order valence-electron chi connectivity index (χ0n) is 12.4. The lowest BCUT2D eigenvalue weighted by molar-refractivity contribution is 0.230. The third-order valence-corrected chi connectivity index (χ3v) is 4.20. The van der Waals surface area contributed by atoms with Crippen LogP contribution in [0.3, 0.4) is 0 Å². The van der Waals surface area contributed by atoms with Crippen molar-refractivity contribution in [2.24, 2.45) is 11.7 Å². The SMILES string of the molecule is CCCN1CCC(CN)C1c1ccc(OC)c(C)c1. The third kappa shape index (κ3) is 2.93. The van der Waals surface area contributed by atoms with Gasteiger partial charge in [0.2, 0.25) is 0 Å². The molecule has 1 aromatic carbocycles. The van der Waals surface area contributed by atoms with E-state index in [4.69, 9.17) is 10.5 Å². The molecule has 1 aromatic rings. The van der Waals surface area contributed by atoms with Crippen LogP contribution < -0.4 is 10.5 Å². The molecule has 2 rings (SSSR count). The lowest BCUT2D eigenvalue weighted by atomic mass is 9.92. The van der Waals surface area contributed by atoms with E-state index in [1.165, 1.54) is 30.5 Å². The van der Waals surface area contributed by atoms with Crippen LogP contribution in [-0.2, 0) is 0 Å². The lowest BCUT2D eigenvalue weighted by Crippen LogP contribution is -2.28. The highest BCUT2D eigenvalue weighted by Crippen LogP contribution is 2.38. The highest BCUT2D eigenvalue weighted by Gasteiger charge is 2.33. The van der Waals surface area contributed by atoms with Gasteiger partial charge < -0.3 is 10.5 Å². The van der Waals surface area contributed by atoms with E-state index >= 15 is 0 Å². The van der Waals surface area contributed by atoms with Crippen LogP contribution in [0.25, 0.3) is 0 Å². The number of rotatable bonds is 5. The van der Waals surface area contributed by atoms with Gasteiger partial charge in [0.15, 0.2) is 0 Å². The summed E-state index contributed by atoms with van der Waals surface area (Å²) in [6.45, 7) is 7.46. The Morgan fingerprint density at radius 2 is 2.21 bits per heavy atom. The molecule has 0 bridgehead atoms. The summed E-state index contributed by atoms with van der Waals surface area (Å²) < 4.78 is 5.35. The van der Waals surface area contributed by atoms with E-state index in [-0.39, 0.29) is 0 Å². The molecule has 3 heteroatoms. The van der Waals surface area contributed by atoms with Crippen LogP contribution in [0.2, 0.25) is 0 Å². The number of likely N-dealkylation sites (tertiary alicyclic amines) is 1. The van der Waals surface area contributed by atoms with Gasteiger partial charge >= 0.3 is 0 Å². The average Bonchev–Trinajstić information content (AvgIpc) is 2.82. The number of methoxy groups -OCH3 is 1. The van der Waals surface area contributed by atoms with Crippen molar-refractivity contribution in [2.45, 2.75) is 32.7 Å². The Hall–Kier alpha value is -1.06. The fourth-order valence-corrected chi connectivity index (χ4v) is 3.28. The minimum Gasteiger partial charge on any atom is -0.496 e. The number of benzene rings is 1. The fraction of sp³-hybridized carbons (Fsp3) is 0.625. The molecule has 2 atom stereocenters. The maximum Gasteiger partial charge on any atom is 0.121 e. The lowest BCUT2D eigenvalue weighted by Gasteiger charge is -2.28. The van der Waals surface area contributed by atoms with Gasteiger partial charge in [0.25, 0.3) is 0 Å². The number of aryl methyl sites for hydroxylation is 1. The number of ether oxygens (including phenoxy) is 1. The van der Waals surface area contributed by atoms with Crippen LogP contribution in [-0.4, -0.2) is 31.6 Å². The number of hydrogen-bond acceptors (Lipinski definition) is 3. The monoisotopic (exact) mass is 262 g/mol. The predicted molar refractivity (Wildman–Crippen MR) is 79.5 cm³/mol. The summed E-state index contributed by atoms with van der Waals surface area (Å²) in [4.78, 5) is 2.58. The molecule has 19 heavy (non-hydrogen) atoms. The van der Waals surface area contributed by atoms with Gasteiger partial charge in [0, 0.05) is 6.04 Å². The summed E-state index contributed by atoms with van der Waals surface area (Å²) in [7, 11) is 1.73. The van der Waals surface area contributed by atoms with Crippen molar-refractivity contribution in [1.82, 2.24) is 4.90 Å². The van der Waals surface area contributed by atoms with Gasteiger partial charge in [-0.1, -0.05) is 19.1 Å². The average molecular weight is 262 g/mol. The Kier molecular flexibility index (Phi) is 4.83. The summed E-state index contributed by atoms with van der Waals surface area (Å²) in [5.41, 5.74) is 8.56. The van der Waals surface area contributed by atoms with Crippen LogP contribution in [0.4, 0.5) is 0 Å². The highest BCUT2D eigenvalue weighted by atomic mass is 16.5. The van der Waals surface area contributed by atoms with E-state index in [1.807, 2.05) is 0 Å². The van der Waals surface area contributed by atoms with Crippen molar-refractivity contribution in [1.29, 1.82) is 0 Å². The molecule has 106 valence electrons. The topological polar surface area (TPSA) is 38.5 Å². The Morgan fingerprint density at radius 3 is 2.79 bits per heavy atom. The molecule has 0 radical (unpaired) electrons. The second kappa shape index (κ2) is 6.40. The zero-order valence-corrected chi connectivity index (χ0v) is 12.4. The first-order valence-electron chi connectivity index (χ1n) is 7.29. The summed E-state index contributed by atoms with van der Waals surface area (Å²) in [6, 6.07) is 7.03. The van der Waals surface area contributed by atoms with E-state index < -0.39 is 0 Å². The van der Waals surface area contributed by atoms with Gasteiger partial charge in [-0.25, -0.2) is 0 Å². The van der Waals surface area contributed by atoms with Crippen LogP contribution in [0.15, 0.2) is 18.2 Å². The summed E-state index contributed by atoms with van der Waals surface area (Å²) in [5.74, 6) is 1.55. The molecule has 0 saturated carbocycles. The highest BCUT2D eigenvalue weighted by molar-refractivity contribution is 5.38. The Morgan fingerprint density at radius 1 is 1.42 bits per heavy atom. The van der Waals surface area contributed by atoms with Crippen molar-refractivity contribution in [3.8, 4) is 5.75 Å². The molecule has 1 saturated heterocycles. The molecule has 0 amide bonds. The van der Waals surface area contributed by atoms with E-state index in [9.17, 15) is 0 Å². The Balaban J connectivity index is 2.27. The Bertz CT molecular complexity index is 419. The van der Waals surface area contributed by atoms with Gasteiger partial charge in [-0.05, 0) is 62.5 Å². The van der Waals surface area contributed by atoms with Gasteiger partial charge in [0.05, 0.1) is 7.11 Å². The summed E-state index contributed by atoms with van der Waals surface area (Å²) >= 11 is 0. The summed E-state index contributed by atoms with van der Waals surface area (Å²) in [5, 5.41) is 0. The minimum atomic E-state index is 0.481. The predicted octanol–water partition coefficient (Wildman–Crippen LogP) is 2.74. The largest absolute Gasteiger partial charge is 0.496 e. The van der Waals surface area contributed by atoms with E-state index in [1.54, 1.807) is 7.11 Å². The first-order chi connectivity index (χ1) is 9.21. The molecule has 1 heterocycles. The van der Waals surface area contributed by atoms with Crippen molar-refractivity contribution >= 4 is 0 Å². The zero-order chi connectivity index (χ0) is 13.8. The molecule has 0 aromatic heterocycles. The maximum atomic E-state index is 5.96. The van der Waals surface area contributed by atoms with Crippen molar-refractivity contribution < 1.29 is 4.74 Å². The van der Waals surface area contributed by atoms with Gasteiger partial charge in [0.1, 0.15) is 5.75 Å². The third-order valence-electron chi connectivity index (χ3n) is 4.20. The van der Waals surface area contributed by atoms with Gasteiger partial charge in [-0.15, -0.1) is 0 Å². The van der Waals surface area contributed by atoms with Gasteiger partial charge in [-0.3, -0.25) is 4.90 Å². The van der Waals surface area contributed by atoms with Gasteiger partial charge in [-0.2, -0.15) is 0 Å². The molecular weight excluding hydrogens is 236 g/mol. The molecule has 0 aliphatic carbocycles. The maximum absolute atomic E-state index is 5.96. The molecule has 0 spiro atoms. The molecule has 3 nitrogen and oxygen atoms in total. The van der Waals surface area contributed by atoms with Crippen LogP contribution in [0.5, 0.6) is 5.75 Å². The quantitative estimate of drug-likeness (QED) is 0.886. The second-order valence-corrected chi connectivity index (χ2v) is 5.49. The van der Waals surface area contributed by atoms with E-state index in [0.29, 0.717) is 12.0 Å². The number of hydrogen-bond donors (Lipinski definition) is 1. The molecular formula is C16H26N2O. The number of nitrogens with zero attached hydrogens (tertiary/aromatic N) is 1. The molecule has 1 aliphatic heterocycles. The molecule has 1 aliphatic rings. The first-order valence-corrected chi connectivity index (χ1v) is 7.29. The molecule has 2 unspecified atom stereocenters. The fourth-order valence-electron chi connectivity index (χ4n) is 3.28. The van der Waals surface area contributed by atoms with Crippen LogP contribution >= 0.6 is 0 Å². The first kappa shape index (κ1) is 14.4. The minimum absolute atomic E-state index is 0.481. The molecule has 2 N–H and O–H groups in total. The normalized spacial score (nSPS) is 23.8. The summed E-state index contributed by atoms with van der Waals surface area (Å²) in [6.07, 6.45) is 2.41. The van der Waals surface area contributed by atoms with Crippen molar-refractivity contribution in [2.75, 3.05) is 26.7 Å². The Labute approximate surface area is 116 Å². The standard InChI is InChI=1S/C16H26N2O/c1-4-8-18-9-7-14(11-17)16(18)13-5-6-15(19-3)12(2)10-13/h5-6,10,14,16H,4,7-9,11,17H2,1-3H3. The number of nitrogens with two attached hydrogens (primary N) is 1. The van der Waals surface area contributed by atoms with Crippen LogP contribution in [0, 0.1) is 12.8 Å². The molecule has 1 fully saturated rings. The van der Waals surface area contributed by atoms with Crippen molar-refractivity contribution in [3.05, 3.63) is 29.3 Å². The van der Waals surface area contributed by atoms with E-state index in [0.717, 1.165) is 18.8 Å². The second-order valence-electron chi connectivity index (χ2n) is 5.49.